The molecule has 1 atom stereocenters. The first-order valence-electron chi connectivity index (χ1n) is 7.23. The molecule has 3 nitrogen and oxygen atoms in total. The van der Waals surface area contributed by atoms with Gasteiger partial charge in [-0.25, -0.2) is 4.98 Å². The summed E-state index contributed by atoms with van der Waals surface area (Å²) in [5, 5.41) is 3.27. The zero-order valence-electron chi connectivity index (χ0n) is 11.9. The Morgan fingerprint density at radius 3 is 2.55 bits per heavy atom. The van der Waals surface area contributed by atoms with Gasteiger partial charge in [-0.05, 0) is 38.4 Å². The number of benzene rings is 1. The van der Waals surface area contributed by atoms with Crippen LogP contribution in [0.1, 0.15) is 40.7 Å². The molecule has 1 aromatic heterocycles. The van der Waals surface area contributed by atoms with Gasteiger partial charge in [-0.2, -0.15) is 0 Å². The predicted molar refractivity (Wildman–Crippen MR) is 83.8 cm³/mol. The molecule has 0 spiro atoms. The zero-order valence-corrected chi connectivity index (χ0v) is 12.7. The molecule has 1 fully saturated rings. The summed E-state index contributed by atoms with van der Waals surface area (Å²) in [6.45, 7) is 4.98. The SMILES string of the molecule is Cc1ccc(C(c2nc(CN)cs2)N2CCCC2)cc1. The van der Waals surface area contributed by atoms with Crippen LogP contribution >= 0.6 is 11.3 Å². The monoisotopic (exact) mass is 287 g/mol. The van der Waals surface area contributed by atoms with E-state index in [9.17, 15) is 0 Å². The number of hydrogen-bond donors (Lipinski definition) is 1. The lowest BCUT2D eigenvalue weighted by Crippen LogP contribution is -2.26. The molecule has 106 valence electrons. The summed E-state index contributed by atoms with van der Waals surface area (Å²) in [5.41, 5.74) is 9.35. The number of thiazole rings is 1. The minimum absolute atomic E-state index is 0.295. The Morgan fingerprint density at radius 2 is 1.95 bits per heavy atom. The molecule has 2 aromatic rings. The molecule has 2 heterocycles. The van der Waals surface area contributed by atoms with E-state index in [1.165, 1.54) is 29.0 Å². The fourth-order valence-electron chi connectivity index (χ4n) is 2.80. The van der Waals surface area contributed by atoms with Crippen molar-refractivity contribution in [2.75, 3.05) is 13.1 Å². The van der Waals surface area contributed by atoms with Crippen LogP contribution in [0.3, 0.4) is 0 Å². The summed E-state index contributed by atoms with van der Waals surface area (Å²) < 4.78 is 0. The first-order valence-corrected chi connectivity index (χ1v) is 8.11. The van der Waals surface area contributed by atoms with Crippen molar-refractivity contribution in [3.05, 3.63) is 51.5 Å². The van der Waals surface area contributed by atoms with Crippen molar-refractivity contribution in [2.45, 2.75) is 32.4 Å². The number of aryl methyl sites for hydroxylation is 1. The average Bonchev–Trinajstić information content (AvgIpc) is 3.13. The Morgan fingerprint density at radius 1 is 1.25 bits per heavy atom. The van der Waals surface area contributed by atoms with Crippen molar-refractivity contribution >= 4 is 11.3 Å². The van der Waals surface area contributed by atoms with E-state index in [1.807, 2.05) is 0 Å². The van der Waals surface area contributed by atoms with Gasteiger partial charge in [-0.1, -0.05) is 29.8 Å². The molecule has 1 aliphatic heterocycles. The minimum Gasteiger partial charge on any atom is -0.325 e. The predicted octanol–water partition coefficient (Wildman–Crippen LogP) is 3.10. The van der Waals surface area contributed by atoms with Crippen LogP contribution in [0.5, 0.6) is 0 Å². The topological polar surface area (TPSA) is 42.1 Å². The van der Waals surface area contributed by atoms with E-state index in [0.717, 1.165) is 18.8 Å². The summed E-state index contributed by atoms with van der Waals surface area (Å²) in [6, 6.07) is 9.15. The van der Waals surface area contributed by atoms with Crippen LogP contribution in [0.25, 0.3) is 0 Å². The maximum atomic E-state index is 5.71. The molecule has 0 amide bonds. The third-order valence-electron chi connectivity index (χ3n) is 3.91. The second-order valence-corrected chi connectivity index (χ2v) is 6.33. The van der Waals surface area contributed by atoms with Gasteiger partial charge in [0, 0.05) is 11.9 Å². The van der Waals surface area contributed by atoms with E-state index in [-0.39, 0.29) is 0 Å². The lowest BCUT2D eigenvalue weighted by molar-refractivity contribution is 0.280. The van der Waals surface area contributed by atoms with Crippen molar-refractivity contribution in [1.29, 1.82) is 0 Å². The molecule has 2 N–H and O–H groups in total. The maximum absolute atomic E-state index is 5.71. The van der Waals surface area contributed by atoms with Gasteiger partial charge in [0.05, 0.1) is 11.7 Å². The molecule has 1 unspecified atom stereocenters. The zero-order chi connectivity index (χ0) is 13.9. The van der Waals surface area contributed by atoms with Crippen molar-refractivity contribution in [3.8, 4) is 0 Å². The normalized spacial score (nSPS) is 17.5. The number of nitrogens with two attached hydrogens (primary N) is 1. The Hall–Kier alpha value is -1.23. The highest BCUT2D eigenvalue weighted by Gasteiger charge is 2.27. The Labute approximate surface area is 124 Å². The molecule has 1 aromatic carbocycles. The second-order valence-electron chi connectivity index (χ2n) is 5.44. The van der Waals surface area contributed by atoms with Crippen LogP contribution in [0.15, 0.2) is 29.6 Å². The first kappa shape index (κ1) is 13.7. The molecule has 3 rings (SSSR count). The summed E-state index contributed by atoms with van der Waals surface area (Å²) in [4.78, 5) is 7.27. The van der Waals surface area contributed by atoms with Crippen LogP contribution in [-0.2, 0) is 6.54 Å². The number of nitrogens with zero attached hydrogens (tertiary/aromatic N) is 2. The molecule has 4 heteroatoms. The Kier molecular flexibility index (Phi) is 4.15. The van der Waals surface area contributed by atoms with E-state index in [2.05, 4.69) is 41.5 Å². The highest BCUT2D eigenvalue weighted by molar-refractivity contribution is 7.09. The summed E-state index contributed by atoms with van der Waals surface area (Å²) in [7, 11) is 0. The molecule has 20 heavy (non-hydrogen) atoms. The third-order valence-corrected chi connectivity index (χ3v) is 4.86. The van der Waals surface area contributed by atoms with Crippen LogP contribution < -0.4 is 5.73 Å². The van der Waals surface area contributed by atoms with Gasteiger partial charge in [0.15, 0.2) is 0 Å². The van der Waals surface area contributed by atoms with Crippen LogP contribution in [0.2, 0.25) is 0 Å². The van der Waals surface area contributed by atoms with Gasteiger partial charge < -0.3 is 5.73 Å². The minimum atomic E-state index is 0.295. The molecular weight excluding hydrogens is 266 g/mol. The lowest BCUT2D eigenvalue weighted by atomic mass is 10.0. The molecule has 0 saturated carbocycles. The van der Waals surface area contributed by atoms with Crippen molar-refractivity contribution < 1.29 is 0 Å². The molecule has 0 aliphatic carbocycles. The summed E-state index contributed by atoms with van der Waals surface area (Å²) in [6.07, 6.45) is 2.58. The maximum Gasteiger partial charge on any atom is 0.115 e. The van der Waals surface area contributed by atoms with E-state index >= 15 is 0 Å². The third kappa shape index (κ3) is 2.77. The molecule has 1 aliphatic rings. The van der Waals surface area contributed by atoms with Crippen molar-refractivity contribution in [3.63, 3.8) is 0 Å². The van der Waals surface area contributed by atoms with Crippen LogP contribution in [0.4, 0.5) is 0 Å². The van der Waals surface area contributed by atoms with Crippen LogP contribution in [-0.4, -0.2) is 23.0 Å². The van der Waals surface area contributed by atoms with Gasteiger partial charge in [0.2, 0.25) is 0 Å². The highest BCUT2D eigenvalue weighted by Crippen LogP contribution is 2.33. The number of aromatic nitrogens is 1. The Bertz CT molecular complexity index is 555. The van der Waals surface area contributed by atoms with E-state index in [4.69, 9.17) is 10.7 Å². The molecular formula is C16H21N3S. The van der Waals surface area contributed by atoms with Gasteiger partial charge in [-0.3, -0.25) is 4.90 Å². The summed E-state index contributed by atoms with van der Waals surface area (Å²) in [5.74, 6) is 0. The largest absolute Gasteiger partial charge is 0.325 e. The second kappa shape index (κ2) is 6.04. The van der Waals surface area contributed by atoms with Gasteiger partial charge >= 0.3 is 0 Å². The van der Waals surface area contributed by atoms with Gasteiger partial charge in [-0.15, -0.1) is 11.3 Å². The van der Waals surface area contributed by atoms with Crippen LogP contribution in [0, 0.1) is 6.92 Å². The quantitative estimate of drug-likeness (QED) is 0.939. The van der Waals surface area contributed by atoms with Crippen molar-refractivity contribution in [2.24, 2.45) is 5.73 Å². The smallest absolute Gasteiger partial charge is 0.115 e. The fraction of sp³-hybridized carbons (Fsp3) is 0.438. The first-order chi connectivity index (χ1) is 9.78. The highest BCUT2D eigenvalue weighted by atomic mass is 32.1. The fourth-order valence-corrected chi connectivity index (χ4v) is 3.79. The number of rotatable bonds is 4. The van der Waals surface area contributed by atoms with Crippen molar-refractivity contribution in [1.82, 2.24) is 9.88 Å². The number of likely N-dealkylation sites (tertiary alicyclic amines) is 1. The molecule has 1 saturated heterocycles. The van der Waals surface area contributed by atoms with E-state index < -0.39 is 0 Å². The summed E-state index contributed by atoms with van der Waals surface area (Å²) >= 11 is 1.74. The van der Waals surface area contributed by atoms with E-state index in [1.54, 1.807) is 11.3 Å². The standard InChI is InChI=1S/C16H21N3S/c1-12-4-6-13(7-5-12)15(19-8-2-3-9-19)16-18-14(10-17)11-20-16/h4-7,11,15H,2-3,8-10,17H2,1H3. The Balaban J connectivity index is 1.96. The average molecular weight is 287 g/mol. The molecule has 0 bridgehead atoms. The van der Waals surface area contributed by atoms with E-state index in [0.29, 0.717) is 12.6 Å². The van der Waals surface area contributed by atoms with Gasteiger partial charge in [0.25, 0.3) is 0 Å². The molecule has 0 radical (unpaired) electrons. The van der Waals surface area contributed by atoms with Gasteiger partial charge in [0.1, 0.15) is 5.01 Å². The lowest BCUT2D eigenvalue weighted by Gasteiger charge is -2.26. The number of hydrogen-bond acceptors (Lipinski definition) is 4.